The van der Waals surface area contributed by atoms with Gasteiger partial charge in [0, 0.05) is 18.5 Å². The van der Waals surface area contributed by atoms with Gasteiger partial charge in [-0.1, -0.05) is 11.6 Å². The van der Waals surface area contributed by atoms with Crippen molar-refractivity contribution in [2.75, 3.05) is 45.7 Å². The van der Waals surface area contributed by atoms with Gasteiger partial charge in [0.25, 0.3) is 0 Å². The number of halogens is 1. The number of benzene rings is 1. The molecule has 6 nitrogen and oxygen atoms in total. The quantitative estimate of drug-likeness (QED) is 0.732. The lowest BCUT2D eigenvalue weighted by Gasteiger charge is -2.23. The van der Waals surface area contributed by atoms with E-state index in [0.717, 1.165) is 13.0 Å². The van der Waals surface area contributed by atoms with Gasteiger partial charge >= 0.3 is 0 Å². The maximum absolute atomic E-state index is 12.1. The maximum atomic E-state index is 12.1. The van der Waals surface area contributed by atoms with Crippen molar-refractivity contribution in [1.82, 2.24) is 10.2 Å². The molecule has 23 heavy (non-hydrogen) atoms. The van der Waals surface area contributed by atoms with Gasteiger partial charge in [0.1, 0.15) is 12.3 Å². The van der Waals surface area contributed by atoms with Gasteiger partial charge in [0.2, 0.25) is 11.8 Å². The Morgan fingerprint density at radius 1 is 1.30 bits per heavy atom. The SMILES string of the molecule is COc1ccc(Cl)cc1N(CC(=O)NCCCN(C)C)C(C)=O. The molecule has 7 heteroatoms. The van der Waals surface area contributed by atoms with Gasteiger partial charge in [0.05, 0.1) is 12.8 Å². The average molecular weight is 342 g/mol. The van der Waals surface area contributed by atoms with E-state index in [2.05, 4.69) is 5.32 Å². The molecule has 128 valence electrons. The topological polar surface area (TPSA) is 61.9 Å². The van der Waals surface area contributed by atoms with E-state index in [4.69, 9.17) is 16.3 Å². The minimum Gasteiger partial charge on any atom is -0.495 e. The molecule has 0 aliphatic carbocycles. The van der Waals surface area contributed by atoms with E-state index in [-0.39, 0.29) is 18.4 Å². The Hall–Kier alpha value is -1.79. The van der Waals surface area contributed by atoms with Crippen LogP contribution in [0.5, 0.6) is 5.75 Å². The summed E-state index contributed by atoms with van der Waals surface area (Å²) in [5.41, 5.74) is 0.482. The lowest BCUT2D eigenvalue weighted by atomic mass is 10.2. The summed E-state index contributed by atoms with van der Waals surface area (Å²) in [6.45, 7) is 2.78. The first kappa shape index (κ1) is 19.3. The fourth-order valence-corrected chi connectivity index (χ4v) is 2.23. The molecule has 0 aliphatic rings. The van der Waals surface area contributed by atoms with Crippen LogP contribution in [-0.2, 0) is 9.59 Å². The Balaban J connectivity index is 2.74. The lowest BCUT2D eigenvalue weighted by Crippen LogP contribution is -2.40. The third-order valence-corrected chi connectivity index (χ3v) is 3.45. The van der Waals surface area contributed by atoms with Crippen LogP contribution < -0.4 is 15.0 Å². The van der Waals surface area contributed by atoms with Gasteiger partial charge < -0.3 is 15.0 Å². The number of carbonyl (C=O) groups excluding carboxylic acids is 2. The molecule has 0 fully saturated rings. The summed E-state index contributed by atoms with van der Waals surface area (Å²) in [7, 11) is 5.46. The van der Waals surface area contributed by atoms with Gasteiger partial charge in [-0.2, -0.15) is 0 Å². The second-order valence-electron chi connectivity index (χ2n) is 5.43. The number of anilines is 1. The summed E-state index contributed by atoms with van der Waals surface area (Å²) in [5, 5.41) is 3.28. The van der Waals surface area contributed by atoms with Crippen molar-refractivity contribution in [2.45, 2.75) is 13.3 Å². The second kappa shape index (κ2) is 9.37. The summed E-state index contributed by atoms with van der Waals surface area (Å²) in [6, 6.07) is 4.95. The maximum Gasteiger partial charge on any atom is 0.240 e. The highest BCUT2D eigenvalue weighted by Gasteiger charge is 2.19. The van der Waals surface area contributed by atoms with Crippen LogP contribution in [-0.4, -0.2) is 57.6 Å². The Kier molecular flexibility index (Phi) is 7.85. The Labute approximate surface area is 142 Å². The third-order valence-electron chi connectivity index (χ3n) is 3.22. The minimum absolute atomic E-state index is 0.0754. The molecule has 0 aromatic heterocycles. The van der Waals surface area contributed by atoms with Crippen molar-refractivity contribution in [3.8, 4) is 5.75 Å². The molecule has 0 saturated heterocycles. The van der Waals surface area contributed by atoms with E-state index in [0.29, 0.717) is 23.0 Å². The van der Waals surface area contributed by atoms with E-state index in [1.807, 2.05) is 19.0 Å². The zero-order valence-electron chi connectivity index (χ0n) is 14.1. The molecule has 0 bridgehead atoms. The number of rotatable bonds is 8. The van der Waals surface area contributed by atoms with E-state index in [1.165, 1.54) is 18.9 Å². The summed E-state index contributed by atoms with van der Waals surface area (Å²) < 4.78 is 5.25. The van der Waals surface area contributed by atoms with Crippen LogP contribution in [0.4, 0.5) is 5.69 Å². The van der Waals surface area contributed by atoms with Crippen LogP contribution in [0, 0.1) is 0 Å². The fourth-order valence-electron chi connectivity index (χ4n) is 2.06. The summed E-state index contributed by atoms with van der Waals surface area (Å²) in [5.74, 6) is 0.0139. The van der Waals surface area contributed by atoms with Gasteiger partial charge in [-0.15, -0.1) is 0 Å². The summed E-state index contributed by atoms with van der Waals surface area (Å²) >= 11 is 5.99. The van der Waals surface area contributed by atoms with E-state index >= 15 is 0 Å². The van der Waals surface area contributed by atoms with E-state index in [1.54, 1.807) is 18.2 Å². The molecule has 1 aromatic rings. The molecule has 0 spiro atoms. The number of ether oxygens (including phenoxy) is 1. The molecule has 0 radical (unpaired) electrons. The zero-order valence-corrected chi connectivity index (χ0v) is 14.8. The smallest absolute Gasteiger partial charge is 0.240 e. The minimum atomic E-state index is -0.256. The van der Waals surface area contributed by atoms with Crippen molar-refractivity contribution >= 4 is 29.1 Å². The summed E-state index contributed by atoms with van der Waals surface area (Å²) in [4.78, 5) is 27.4. The van der Waals surface area contributed by atoms with Gasteiger partial charge in [-0.3, -0.25) is 14.5 Å². The van der Waals surface area contributed by atoms with Crippen molar-refractivity contribution in [1.29, 1.82) is 0 Å². The van der Waals surface area contributed by atoms with E-state index in [9.17, 15) is 9.59 Å². The Bertz CT molecular complexity index is 549. The van der Waals surface area contributed by atoms with Crippen LogP contribution in [0.25, 0.3) is 0 Å². The monoisotopic (exact) mass is 341 g/mol. The van der Waals surface area contributed by atoms with E-state index < -0.39 is 0 Å². The molecule has 1 N–H and O–H groups in total. The zero-order chi connectivity index (χ0) is 17.4. The van der Waals surface area contributed by atoms with Gasteiger partial charge in [-0.05, 0) is 45.3 Å². The number of carbonyl (C=O) groups is 2. The molecule has 0 unspecified atom stereocenters. The standard InChI is InChI=1S/C16H24ClN3O3/c1-12(21)20(11-16(22)18-8-5-9-19(2)3)14-10-13(17)6-7-15(14)23-4/h6-7,10H,5,8-9,11H2,1-4H3,(H,18,22). The molecular formula is C16H24ClN3O3. The molecular weight excluding hydrogens is 318 g/mol. The molecule has 0 saturated carbocycles. The first-order chi connectivity index (χ1) is 10.8. The number of hydrogen-bond donors (Lipinski definition) is 1. The molecule has 2 amide bonds. The van der Waals surface area contributed by atoms with Crippen LogP contribution in [0.2, 0.25) is 5.02 Å². The van der Waals surface area contributed by atoms with Gasteiger partial charge in [0.15, 0.2) is 0 Å². The molecule has 1 rings (SSSR count). The molecule has 0 aliphatic heterocycles. The van der Waals surface area contributed by atoms with Crippen LogP contribution in [0.1, 0.15) is 13.3 Å². The first-order valence-corrected chi connectivity index (χ1v) is 7.76. The first-order valence-electron chi connectivity index (χ1n) is 7.38. The number of hydrogen-bond acceptors (Lipinski definition) is 4. The average Bonchev–Trinajstić information content (AvgIpc) is 2.48. The van der Waals surface area contributed by atoms with Crippen molar-refractivity contribution in [2.24, 2.45) is 0 Å². The predicted molar refractivity (Wildman–Crippen MR) is 92.2 cm³/mol. The highest BCUT2D eigenvalue weighted by molar-refractivity contribution is 6.31. The third kappa shape index (κ3) is 6.46. The van der Waals surface area contributed by atoms with Crippen molar-refractivity contribution < 1.29 is 14.3 Å². The largest absolute Gasteiger partial charge is 0.495 e. The molecule has 1 aromatic carbocycles. The Morgan fingerprint density at radius 2 is 2.00 bits per heavy atom. The lowest BCUT2D eigenvalue weighted by molar-refractivity contribution is -0.123. The van der Waals surface area contributed by atoms with Crippen LogP contribution in [0.15, 0.2) is 18.2 Å². The number of nitrogens with one attached hydrogen (secondary N) is 1. The normalized spacial score (nSPS) is 10.5. The highest BCUT2D eigenvalue weighted by Crippen LogP contribution is 2.31. The van der Waals surface area contributed by atoms with Crippen molar-refractivity contribution in [3.63, 3.8) is 0 Å². The highest BCUT2D eigenvalue weighted by atomic mass is 35.5. The predicted octanol–water partition coefficient (Wildman–Crippen LogP) is 1.77. The molecule has 0 heterocycles. The van der Waals surface area contributed by atoms with Crippen LogP contribution >= 0.6 is 11.6 Å². The van der Waals surface area contributed by atoms with Crippen molar-refractivity contribution in [3.05, 3.63) is 23.2 Å². The van der Waals surface area contributed by atoms with Gasteiger partial charge in [-0.25, -0.2) is 0 Å². The fraction of sp³-hybridized carbons (Fsp3) is 0.500. The van der Waals surface area contributed by atoms with Crippen LogP contribution in [0.3, 0.4) is 0 Å². The molecule has 0 atom stereocenters. The number of nitrogens with zero attached hydrogens (tertiary/aromatic N) is 2. The Morgan fingerprint density at radius 3 is 2.57 bits per heavy atom. The number of methoxy groups -OCH3 is 1. The number of amides is 2. The second-order valence-corrected chi connectivity index (χ2v) is 5.86. The summed E-state index contributed by atoms with van der Waals surface area (Å²) in [6.07, 6.45) is 0.847.